The van der Waals surface area contributed by atoms with Gasteiger partial charge in [0.15, 0.2) is 22.1 Å². The van der Waals surface area contributed by atoms with Crippen molar-refractivity contribution in [3.05, 3.63) is 73.1 Å². The van der Waals surface area contributed by atoms with Crippen LogP contribution < -0.4 is 24.5 Å². The van der Waals surface area contributed by atoms with E-state index in [-0.39, 0.29) is 16.8 Å². The Balaban J connectivity index is 1.85. The van der Waals surface area contributed by atoms with Crippen LogP contribution in [-0.4, -0.2) is 32.2 Å². The fourth-order valence-corrected chi connectivity index (χ4v) is 5.50. The predicted molar refractivity (Wildman–Crippen MR) is 138 cm³/mol. The maximum atomic E-state index is 14.0. The third-order valence-electron chi connectivity index (χ3n) is 6.71. The molecule has 2 aromatic heterocycles. The van der Waals surface area contributed by atoms with Crippen LogP contribution in [0.1, 0.15) is 49.4 Å². The summed E-state index contributed by atoms with van der Waals surface area (Å²) >= 11 is 1.39. The monoisotopic (exact) mass is 506 g/mol. The average molecular weight is 507 g/mol. The highest BCUT2D eigenvalue weighted by Gasteiger charge is 2.45. The van der Waals surface area contributed by atoms with Gasteiger partial charge >= 0.3 is 0 Å². The molecule has 1 aliphatic rings. The summed E-state index contributed by atoms with van der Waals surface area (Å²) in [6.07, 6.45) is 0. The second kappa shape index (κ2) is 8.67. The number of benzene rings is 2. The zero-order chi connectivity index (χ0) is 25.9. The van der Waals surface area contributed by atoms with E-state index in [1.54, 1.807) is 18.2 Å². The van der Waals surface area contributed by atoms with Gasteiger partial charge in [0.05, 0.1) is 44.0 Å². The lowest BCUT2D eigenvalue weighted by atomic mass is 9.97. The third kappa shape index (κ3) is 3.45. The molecule has 36 heavy (non-hydrogen) atoms. The maximum Gasteiger partial charge on any atom is 0.297 e. The number of carbonyl (C=O) groups excluding carboxylic acids is 1. The molecular weight excluding hydrogens is 480 g/mol. The molecular formula is C27H26N2O6S. The number of amides is 1. The number of nitrogens with zero attached hydrogens (tertiary/aromatic N) is 2. The molecule has 1 amide bonds. The van der Waals surface area contributed by atoms with E-state index in [9.17, 15) is 9.59 Å². The number of hydrogen-bond donors (Lipinski definition) is 0. The fraction of sp³-hybridized carbons (Fsp3) is 0.296. The number of thiazole rings is 1. The number of rotatable bonds is 5. The second-order valence-electron chi connectivity index (χ2n) is 8.78. The summed E-state index contributed by atoms with van der Waals surface area (Å²) < 4.78 is 22.7. The van der Waals surface area contributed by atoms with E-state index in [0.717, 1.165) is 21.7 Å². The highest BCUT2D eigenvalue weighted by atomic mass is 32.1. The molecule has 4 aromatic rings. The van der Waals surface area contributed by atoms with E-state index in [2.05, 4.69) is 4.98 Å². The molecule has 0 fully saturated rings. The van der Waals surface area contributed by atoms with Gasteiger partial charge in [-0.15, -0.1) is 11.3 Å². The number of hydrogen-bond acceptors (Lipinski definition) is 8. The van der Waals surface area contributed by atoms with Gasteiger partial charge in [-0.2, -0.15) is 0 Å². The predicted octanol–water partition coefficient (Wildman–Crippen LogP) is 5.26. The summed E-state index contributed by atoms with van der Waals surface area (Å²) in [6.45, 7) is 7.72. The Hall–Kier alpha value is -3.85. The standard InChI is InChI=1S/C27H26N2O6S/c1-12-8-17-18(9-13(12)2)35-25-21(23(17)30)22(29(26(25)31)27-28-14(3)15(4)36-27)16-10-19(32-5)24(34-7)20(11-16)33-6/h8-11,22H,1-7H3. The fourth-order valence-electron chi connectivity index (χ4n) is 4.56. The van der Waals surface area contributed by atoms with Crippen LogP contribution in [0, 0.1) is 27.7 Å². The van der Waals surface area contributed by atoms with E-state index in [1.807, 2.05) is 33.8 Å². The highest BCUT2D eigenvalue weighted by Crippen LogP contribution is 2.47. The molecule has 0 saturated carbocycles. The van der Waals surface area contributed by atoms with Crippen LogP contribution in [0.5, 0.6) is 17.2 Å². The van der Waals surface area contributed by atoms with E-state index >= 15 is 0 Å². The van der Waals surface area contributed by atoms with Crippen LogP contribution in [0.2, 0.25) is 0 Å². The molecule has 1 atom stereocenters. The molecule has 2 aromatic carbocycles. The smallest absolute Gasteiger partial charge is 0.297 e. The first-order valence-corrected chi connectivity index (χ1v) is 12.2. The van der Waals surface area contributed by atoms with Gasteiger partial charge in [-0.25, -0.2) is 4.98 Å². The molecule has 0 radical (unpaired) electrons. The molecule has 8 nitrogen and oxygen atoms in total. The molecule has 0 N–H and O–H groups in total. The lowest BCUT2D eigenvalue weighted by Crippen LogP contribution is -2.29. The van der Waals surface area contributed by atoms with Crippen LogP contribution in [-0.2, 0) is 0 Å². The van der Waals surface area contributed by atoms with Crippen LogP contribution in [0.3, 0.4) is 0 Å². The quantitative estimate of drug-likeness (QED) is 0.365. The van der Waals surface area contributed by atoms with Gasteiger partial charge in [0.2, 0.25) is 11.5 Å². The Labute approximate surface area is 212 Å². The van der Waals surface area contributed by atoms with Crippen molar-refractivity contribution >= 4 is 33.3 Å². The normalized spacial score (nSPS) is 14.9. The minimum absolute atomic E-state index is 0.0139. The Morgan fingerprint density at radius 3 is 2.11 bits per heavy atom. The van der Waals surface area contributed by atoms with Crippen molar-refractivity contribution in [1.29, 1.82) is 0 Å². The third-order valence-corrected chi connectivity index (χ3v) is 7.78. The largest absolute Gasteiger partial charge is 0.493 e. The maximum absolute atomic E-state index is 14.0. The van der Waals surface area contributed by atoms with E-state index in [4.69, 9.17) is 18.6 Å². The van der Waals surface area contributed by atoms with Crippen molar-refractivity contribution in [2.75, 3.05) is 26.2 Å². The van der Waals surface area contributed by atoms with Gasteiger partial charge in [-0.05, 0) is 68.7 Å². The van der Waals surface area contributed by atoms with Crippen molar-refractivity contribution in [1.82, 2.24) is 4.98 Å². The van der Waals surface area contributed by atoms with Crippen LogP contribution in [0.4, 0.5) is 5.13 Å². The molecule has 1 unspecified atom stereocenters. The molecule has 0 bridgehead atoms. The molecule has 3 heterocycles. The van der Waals surface area contributed by atoms with Crippen molar-refractivity contribution in [3.8, 4) is 17.2 Å². The lowest BCUT2D eigenvalue weighted by molar-refractivity contribution is 0.0971. The summed E-state index contributed by atoms with van der Waals surface area (Å²) in [5.41, 5.74) is 3.75. The first-order valence-electron chi connectivity index (χ1n) is 11.4. The summed E-state index contributed by atoms with van der Waals surface area (Å²) in [6, 6.07) is 6.31. The van der Waals surface area contributed by atoms with Crippen molar-refractivity contribution in [3.63, 3.8) is 0 Å². The number of ether oxygens (including phenoxy) is 3. The minimum atomic E-state index is -0.798. The number of anilines is 1. The Bertz CT molecular complexity index is 1560. The Morgan fingerprint density at radius 1 is 0.917 bits per heavy atom. The van der Waals surface area contributed by atoms with Crippen molar-refractivity contribution in [2.45, 2.75) is 33.7 Å². The Morgan fingerprint density at radius 2 is 1.56 bits per heavy atom. The number of aryl methyl sites for hydroxylation is 4. The molecule has 186 valence electrons. The lowest BCUT2D eigenvalue weighted by Gasteiger charge is -2.24. The van der Waals surface area contributed by atoms with E-state index < -0.39 is 11.9 Å². The molecule has 1 aliphatic heterocycles. The molecule has 5 rings (SSSR count). The molecule has 0 saturated heterocycles. The Kier molecular flexibility index (Phi) is 5.75. The van der Waals surface area contributed by atoms with Crippen LogP contribution in [0.25, 0.3) is 11.0 Å². The summed E-state index contributed by atoms with van der Waals surface area (Å²) in [5, 5.41) is 0.909. The summed E-state index contributed by atoms with van der Waals surface area (Å²) in [7, 11) is 4.56. The van der Waals surface area contributed by atoms with Gasteiger partial charge < -0.3 is 18.6 Å². The van der Waals surface area contributed by atoms with Crippen LogP contribution in [0.15, 0.2) is 33.5 Å². The van der Waals surface area contributed by atoms with Gasteiger partial charge in [-0.1, -0.05) is 0 Å². The number of carbonyl (C=O) groups is 1. The first-order chi connectivity index (χ1) is 17.2. The second-order valence-corrected chi connectivity index (χ2v) is 9.96. The SMILES string of the molecule is COc1cc(C2c3c(oc4cc(C)c(C)cc4c3=O)C(=O)N2c2nc(C)c(C)s2)cc(OC)c1OC. The van der Waals surface area contributed by atoms with Gasteiger partial charge in [0.1, 0.15) is 5.58 Å². The molecule has 0 spiro atoms. The van der Waals surface area contributed by atoms with Gasteiger partial charge in [-0.3, -0.25) is 14.5 Å². The summed E-state index contributed by atoms with van der Waals surface area (Å²) in [4.78, 5) is 35.0. The van der Waals surface area contributed by atoms with E-state index in [0.29, 0.717) is 38.9 Å². The van der Waals surface area contributed by atoms with Crippen molar-refractivity contribution in [2.24, 2.45) is 0 Å². The number of methoxy groups -OCH3 is 3. The zero-order valence-electron chi connectivity index (χ0n) is 21.1. The topological polar surface area (TPSA) is 91.1 Å². The highest BCUT2D eigenvalue weighted by molar-refractivity contribution is 7.15. The number of aromatic nitrogens is 1. The first kappa shape index (κ1) is 23.9. The van der Waals surface area contributed by atoms with Gasteiger partial charge in [0.25, 0.3) is 5.91 Å². The minimum Gasteiger partial charge on any atom is -0.493 e. The van der Waals surface area contributed by atoms with Crippen molar-refractivity contribution < 1.29 is 23.4 Å². The van der Waals surface area contributed by atoms with E-state index in [1.165, 1.54) is 37.6 Å². The average Bonchev–Trinajstić information content (AvgIpc) is 3.35. The molecule has 9 heteroatoms. The molecule has 0 aliphatic carbocycles. The zero-order valence-corrected chi connectivity index (χ0v) is 22.0. The van der Waals surface area contributed by atoms with Crippen LogP contribution >= 0.6 is 11.3 Å². The summed E-state index contributed by atoms with van der Waals surface area (Å²) in [5.74, 6) is 0.832. The number of fused-ring (bicyclic) bond motifs is 2. The van der Waals surface area contributed by atoms with Gasteiger partial charge in [0, 0.05) is 4.88 Å².